The molecule has 0 N–H and O–H groups in total. The lowest BCUT2D eigenvalue weighted by Crippen LogP contribution is -2.33. The lowest BCUT2D eigenvalue weighted by molar-refractivity contribution is -0.0187. The zero-order valence-electron chi connectivity index (χ0n) is 13.0. The SMILES string of the molecule is CCCCOCC1(COCCCC)Cc2cscc2C1. The molecule has 0 atom stereocenters. The van der Waals surface area contributed by atoms with Crippen molar-refractivity contribution in [2.24, 2.45) is 5.41 Å². The molecule has 0 saturated carbocycles. The van der Waals surface area contributed by atoms with E-state index in [9.17, 15) is 0 Å². The summed E-state index contributed by atoms with van der Waals surface area (Å²) in [5, 5.41) is 4.60. The first-order valence-corrected chi connectivity index (χ1v) is 8.93. The van der Waals surface area contributed by atoms with Crippen molar-refractivity contribution in [1.29, 1.82) is 0 Å². The van der Waals surface area contributed by atoms with E-state index >= 15 is 0 Å². The maximum absolute atomic E-state index is 5.94. The van der Waals surface area contributed by atoms with E-state index in [2.05, 4.69) is 24.6 Å². The highest BCUT2D eigenvalue weighted by Gasteiger charge is 2.38. The largest absolute Gasteiger partial charge is 0.381 e. The molecule has 114 valence electrons. The Hall–Kier alpha value is -0.380. The second-order valence-corrected chi connectivity index (χ2v) is 6.83. The first-order valence-electron chi connectivity index (χ1n) is 7.99. The summed E-state index contributed by atoms with van der Waals surface area (Å²) in [6.07, 6.45) is 6.98. The van der Waals surface area contributed by atoms with Crippen molar-refractivity contribution < 1.29 is 9.47 Å². The normalized spacial score (nSPS) is 16.5. The van der Waals surface area contributed by atoms with Crippen LogP contribution in [-0.4, -0.2) is 26.4 Å². The van der Waals surface area contributed by atoms with Crippen LogP contribution < -0.4 is 0 Å². The Labute approximate surface area is 127 Å². The van der Waals surface area contributed by atoms with E-state index in [-0.39, 0.29) is 5.41 Å². The van der Waals surface area contributed by atoms with Crippen molar-refractivity contribution in [2.45, 2.75) is 52.4 Å². The van der Waals surface area contributed by atoms with Crippen LogP contribution in [0.2, 0.25) is 0 Å². The molecule has 1 aliphatic rings. The summed E-state index contributed by atoms with van der Waals surface area (Å²) in [5.74, 6) is 0. The van der Waals surface area contributed by atoms with Gasteiger partial charge in [0.1, 0.15) is 0 Å². The van der Waals surface area contributed by atoms with E-state index in [1.165, 1.54) is 24.0 Å². The van der Waals surface area contributed by atoms with Crippen LogP contribution in [0.5, 0.6) is 0 Å². The summed E-state index contributed by atoms with van der Waals surface area (Å²) in [4.78, 5) is 0. The Bertz CT molecular complexity index is 352. The fourth-order valence-electron chi connectivity index (χ4n) is 2.85. The average Bonchev–Trinajstić information content (AvgIpc) is 2.99. The van der Waals surface area contributed by atoms with E-state index < -0.39 is 0 Å². The molecular formula is C17H28O2S. The zero-order chi connectivity index (χ0) is 14.3. The molecule has 0 aliphatic heterocycles. The molecule has 0 fully saturated rings. The van der Waals surface area contributed by atoms with Crippen molar-refractivity contribution >= 4 is 11.3 Å². The summed E-state index contributed by atoms with van der Waals surface area (Å²) in [6.45, 7) is 7.89. The second kappa shape index (κ2) is 8.16. The van der Waals surface area contributed by atoms with E-state index in [1.807, 2.05) is 11.3 Å². The topological polar surface area (TPSA) is 18.5 Å². The Kier molecular flexibility index (Phi) is 6.53. The molecule has 0 bridgehead atoms. The van der Waals surface area contributed by atoms with E-state index in [1.54, 1.807) is 0 Å². The van der Waals surface area contributed by atoms with Gasteiger partial charge in [-0.25, -0.2) is 0 Å². The molecule has 0 spiro atoms. The van der Waals surface area contributed by atoms with Gasteiger partial charge in [-0.1, -0.05) is 26.7 Å². The zero-order valence-corrected chi connectivity index (χ0v) is 13.8. The minimum Gasteiger partial charge on any atom is -0.381 e. The first-order chi connectivity index (χ1) is 9.79. The summed E-state index contributed by atoms with van der Waals surface area (Å²) in [5.41, 5.74) is 3.24. The van der Waals surface area contributed by atoms with Crippen LogP contribution in [0.1, 0.15) is 50.7 Å². The summed E-state index contributed by atoms with van der Waals surface area (Å²) < 4.78 is 11.9. The molecule has 0 aromatic carbocycles. The minimum absolute atomic E-state index is 0.195. The quantitative estimate of drug-likeness (QED) is 0.593. The Morgan fingerprint density at radius 1 is 0.950 bits per heavy atom. The van der Waals surface area contributed by atoms with Crippen LogP contribution in [0.15, 0.2) is 10.8 Å². The fourth-order valence-corrected chi connectivity index (χ4v) is 3.71. The Balaban J connectivity index is 1.85. The number of rotatable bonds is 10. The monoisotopic (exact) mass is 296 g/mol. The lowest BCUT2D eigenvalue weighted by atomic mass is 9.86. The van der Waals surface area contributed by atoms with E-state index in [0.717, 1.165) is 52.1 Å². The van der Waals surface area contributed by atoms with Crippen LogP contribution in [0, 0.1) is 5.41 Å². The van der Waals surface area contributed by atoms with Gasteiger partial charge in [-0.15, -0.1) is 0 Å². The van der Waals surface area contributed by atoms with Crippen LogP contribution in [0.3, 0.4) is 0 Å². The third-order valence-electron chi connectivity index (χ3n) is 4.06. The average molecular weight is 296 g/mol. The van der Waals surface area contributed by atoms with Crippen molar-refractivity contribution in [3.05, 3.63) is 21.9 Å². The summed E-state index contributed by atoms with van der Waals surface area (Å²) >= 11 is 1.83. The number of hydrogen-bond donors (Lipinski definition) is 0. The number of fused-ring (bicyclic) bond motifs is 1. The number of hydrogen-bond acceptors (Lipinski definition) is 3. The molecule has 1 aromatic rings. The van der Waals surface area contributed by atoms with Gasteiger partial charge < -0.3 is 9.47 Å². The highest BCUT2D eigenvalue weighted by Crippen LogP contribution is 2.39. The predicted molar refractivity (Wildman–Crippen MR) is 85.6 cm³/mol. The standard InChI is InChI=1S/C17H28O2S/c1-3-5-7-18-13-17(14-19-8-6-4-2)9-15-11-20-12-16(15)10-17/h11-12H,3-10,13-14H2,1-2H3. The van der Waals surface area contributed by atoms with Crippen LogP contribution in [0.4, 0.5) is 0 Å². The maximum Gasteiger partial charge on any atom is 0.0550 e. The number of ether oxygens (including phenoxy) is 2. The molecule has 1 heterocycles. The minimum atomic E-state index is 0.195. The molecule has 3 heteroatoms. The molecule has 0 unspecified atom stereocenters. The van der Waals surface area contributed by atoms with Crippen molar-refractivity contribution in [2.75, 3.05) is 26.4 Å². The van der Waals surface area contributed by atoms with Gasteiger partial charge in [0.05, 0.1) is 13.2 Å². The molecule has 0 amide bonds. The van der Waals surface area contributed by atoms with E-state index in [0.29, 0.717) is 0 Å². The molecule has 2 nitrogen and oxygen atoms in total. The smallest absolute Gasteiger partial charge is 0.0550 e. The number of unbranched alkanes of at least 4 members (excludes halogenated alkanes) is 2. The molecule has 1 aliphatic carbocycles. The molecule has 20 heavy (non-hydrogen) atoms. The van der Waals surface area contributed by atoms with Gasteiger partial charge in [-0.05, 0) is 47.6 Å². The van der Waals surface area contributed by atoms with Gasteiger partial charge in [0, 0.05) is 18.6 Å². The highest BCUT2D eigenvalue weighted by atomic mass is 32.1. The molecule has 1 aromatic heterocycles. The molecular weight excluding hydrogens is 268 g/mol. The van der Waals surface area contributed by atoms with E-state index in [4.69, 9.17) is 9.47 Å². The molecule has 0 saturated heterocycles. The van der Waals surface area contributed by atoms with Gasteiger partial charge >= 0.3 is 0 Å². The first kappa shape index (κ1) is 16.0. The van der Waals surface area contributed by atoms with Gasteiger partial charge in [0.15, 0.2) is 0 Å². The lowest BCUT2D eigenvalue weighted by Gasteiger charge is -2.29. The molecule has 0 radical (unpaired) electrons. The molecule has 2 rings (SSSR count). The predicted octanol–water partition coefficient (Wildman–Crippen LogP) is 4.47. The third kappa shape index (κ3) is 4.31. The second-order valence-electron chi connectivity index (χ2n) is 6.09. The van der Waals surface area contributed by atoms with Crippen LogP contribution in [0.25, 0.3) is 0 Å². The summed E-state index contributed by atoms with van der Waals surface area (Å²) in [7, 11) is 0. The van der Waals surface area contributed by atoms with Crippen LogP contribution in [-0.2, 0) is 22.3 Å². The van der Waals surface area contributed by atoms with Gasteiger partial charge in [0.25, 0.3) is 0 Å². The van der Waals surface area contributed by atoms with Crippen LogP contribution >= 0.6 is 11.3 Å². The highest BCUT2D eigenvalue weighted by molar-refractivity contribution is 7.08. The van der Waals surface area contributed by atoms with Gasteiger partial charge in [-0.3, -0.25) is 0 Å². The maximum atomic E-state index is 5.94. The van der Waals surface area contributed by atoms with Crippen molar-refractivity contribution in [3.63, 3.8) is 0 Å². The van der Waals surface area contributed by atoms with Gasteiger partial charge in [-0.2, -0.15) is 11.3 Å². The van der Waals surface area contributed by atoms with Crippen molar-refractivity contribution in [1.82, 2.24) is 0 Å². The Morgan fingerprint density at radius 2 is 1.45 bits per heavy atom. The van der Waals surface area contributed by atoms with Gasteiger partial charge in [0.2, 0.25) is 0 Å². The van der Waals surface area contributed by atoms with Crippen molar-refractivity contribution in [3.8, 4) is 0 Å². The number of thiophene rings is 1. The fraction of sp³-hybridized carbons (Fsp3) is 0.765. The third-order valence-corrected chi connectivity index (χ3v) is 4.91. The summed E-state index contributed by atoms with van der Waals surface area (Å²) in [6, 6.07) is 0. The Morgan fingerprint density at radius 3 is 1.90 bits per heavy atom.